The molecule has 0 aliphatic carbocycles. The third-order valence-electron chi connectivity index (χ3n) is 2.18. The minimum Gasteiger partial charge on any atom is -0.392 e. The molecule has 0 fully saturated rings. The van der Waals surface area contributed by atoms with Gasteiger partial charge in [-0.15, -0.1) is 0 Å². The molecule has 0 radical (unpaired) electrons. The molecule has 0 aliphatic rings. The maximum atomic E-state index is 13.3. The fourth-order valence-corrected chi connectivity index (χ4v) is 1.55. The Morgan fingerprint density at radius 3 is 2.67 bits per heavy atom. The molecule has 82 valence electrons. The number of benzene rings is 1. The average molecular weight is 226 g/mol. The van der Waals surface area contributed by atoms with E-state index in [9.17, 15) is 4.39 Å². The number of halogens is 1. The minimum atomic E-state index is -0.182. The quantitative estimate of drug-likeness (QED) is 0.778. The predicted molar refractivity (Wildman–Crippen MR) is 64.1 cm³/mol. The van der Waals surface area contributed by atoms with Gasteiger partial charge in [0.05, 0.1) is 4.99 Å². The van der Waals surface area contributed by atoms with Crippen molar-refractivity contribution in [2.75, 3.05) is 13.1 Å². The van der Waals surface area contributed by atoms with Gasteiger partial charge in [-0.1, -0.05) is 37.3 Å². The van der Waals surface area contributed by atoms with Crippen LogP contribution in [0.25, 0.3) is 0 Å². The molecule has 0 amide bonds. The van der Waals surface area contributed by atoms with Crippen molar-refractivity contribution in [3.8, 4) is 0 Å². The summed E-state index contributed by atoms with van der Waals surface area (Å²) in [6, 6.07) is 6.75. The SMILES string of the molecule is CCN(CC(N)=S)Cc1ccccc1F. The Bertz CT molecular complexity index is 341. The van der Waals surface area contributed by atoms with E-state index in [0.29, 0.717) is 23.6 Å². The van der Waals surface area contributed by atoms with E-state index in [0.717, 1.165) is 6.54 Å². The average Bonchev–Trinajstić information content (AvgIpc) is 2.19. The molecular formula is C11H15FN2S. The zero-order valence-corrected chi connectivity index (χ0v) is 9.56. The van der Waals surface area contributed by atoms with E-state index in [1.54, 1.807) is 12.1 Å². The first-order chi connectivity index (χ1) is 7.13. The van der Waals surface area contributed by atoms with Gasteiger partial charge in [0.15, 0.2) is 0 Å². The van der Waals surface area contributed by atoms with Crippen LogP contribution in [0.15, 0.2) is 24.3 Å². The first-order valence-corrected chi connectivity index (χ1v) is 5.28. The lowest BCUT2D eigenvalue weighted by molar-refractivity contribution is 0.315. The molecule has 2 nitrogen and oxygen atoms in total. The van der Waals surface area contributed by atoms with E-state index in [2.05, 4.69) is 0 Å². The lowest BCUT2D eigenvalue weighted by Gasteiger charge is -2.19. The molecule has 0 unspecified atom stereocenters. The van der Waals surface area contributed by atoms with Gasteiger partial charge >= 0.3 is 0 Å². The topological polar surface area (TPSA) is 29.3 Å². The highest BCUT2D eigenvalue weighted by Crippen LogP contribution is 2.09. The molecule has 0 atom stereocenters. The van der Waals surface area contributed by atoms with Crippen LogP contribution in [0.4, 0.5) is 4.39 Å². The van der Waals surface area contributed by atoms with E-state index in [1.807, 2.05) is 17.9 Å². The molecular weight excluding hydrogens is 211 g/mol. The van der Waals surface area contributed by atoms with E-state index >= 15 is 0 Å². The Kier molecular flexibility index (Phi) is 4.65. The Labute approximate surface area is 94.9 Å². The highest BCUT2D eigenvalue weighted by molar-refractivity contribution is 7.80. The van der Waals surface area contributed by atoms with Gasteiger partial charge in [-0.2, -0.15) is 0 Å². The van der Waals surface area contributed by atoms with E-state index in [4.69, 9.17) is 18.0 Å². The second kappa shape index (κ2) is 5.78. The van der Waals surface area contributed by atoms with Crippen LogP contribution in [0.2, 0.25) is 0 Å². The summed E-state index contributed by atoms with van der Waals surface area (Å²) in [6.07, 6.45) is 0. The van der Waals surface area contributed by atoms with Gasteiger partial charge in [-0.3, -0.25) is 4.90 Å². The van der Waals surface area contributed by atoms with Crippen molar-refractivity contribution in [1.29, 1.82) is 0 Å². The van der Waals surface area contributed by atoms with Gasteiger partial charge in [-0.05, 0) is 12.6 Å². The molecule has 0 saturated carbocycles. The summed E-state index contributed by atoms with van der Waals surface area (Å²) < 4.78 is 13.3. The largest absolute Gasteiger partial charge is 0.392 e. The number of likely N-dealkylation sites (N-methyl/N-ethyl adjacent to an activating group) is 1. The van der Waals surface area contributed by atoms with Gasteiger partial charge in [0, 0.05) is 18.7 Å². The minimum absolute atomic E-state index is 0.182. The van der Waals surface area contributed by atoms with Gasteiger partial charge in [0.2, 0.25) is 0 Å². The molecule has 0 saturated heterocycles. The standard InChI is InChI=1S/C11H15FN2S/c1-2-14(8-11(13)15)7-9-5-3-4-6-10(9)12/h3-6H,2,7-8H2,1H3,(H2,13,15). The molecule has 0 aromatic heterocycles. The van der Waals surface area contributed by atoms with Crippen molar-refractivity contribution in [3.63, 3.8) is 0 Å². The molecule has 1 aromatic rings. The number of hydrogen-bond acceptors (Lipinski definition) is 2. The summed E-state index contributed by atoms with van der Waals surface area (Å²) in [6.45, 7) is 3.87. The van der Waals surface area contributed by atoms with Crippen molar-refractivity contribution in [3.05, 3.63) is 35.6 Å². The summed E-state index contributed by atoms with van der Waals surface area (Å²) in [4.78, 5) is 2.44. The lowest BCUT2D eigenvalue weighted by atomic mass is 10.2. The monoisotopic (exact) mass is 226 g/mol. The van der Waals surface area contributed by atoms with Crippen molar-refractivity contribution < 1.29 is 4.39 Å². The van der Waals surface area contributed by atoms with Gasteiger partial charge < -0.3 is 5.73 Å². The number of rotatable bonds is 5. The maximum absolute atomic E-state index is 13.3. The highest BCUT2D eigenvalue weighted by atomic mass is 32.1. The smallest absolute Gasteiger partial charge is 0.127 e. The van der Waals surface area contributed by atoms with Crippen molar-refractivity contribution in [2.24, 2.45) is 5.73 Å². The van der Waals surface area contributed by atoms with E-state index < -0.39 is 0 Å². The second-order valence-electron chi connectivity index (χ2n) is 3.36. The predicted octanol–water partition coefficient (Wildman–Crippen LogP) is 1.93. The zero-order chi connectivity index (χ0) is 11.3. The van der Waals surface area contributed by atoms with Gasteiger partial charge in [0.25, 0.3) is 0 Å². The fourth-order valence-electron chi connectivity index (χ4n) is 1.37. The van der Waals surface area contributed by atoms with Crippen LogP contribution in [-0.4, -0.2) is 23.0 Å². The first-order valence-electron chi connectivity index (χ1n) is 4.87. The number of thiocarbonyl (C=S) groups is 1. The fraction of sp³-hybridized carbons (Fsp3) is 0.364. The van der Waals surface area contributed by atoms with Crippen LogP contribution in [0, 0.1) is 5.82 Å². The third kappa shape index (κ3) is 3.93. The maximum Gasteiger partial charge on any atom is 0.127 e. The molecule has 0 heterocycles. The van der Waals surface area contributed by atoms with E-state index in [1.165, 1.54) is 6.07 Å². The molecule has 0 bridgehead atoms. The first kappa shape index (κ1) is 12.1. The lowest BCUT2D eigenvalue weighted by Crippen LogP contribution is -2.32. The molecule has 1 aromatic carbocycles. The number of nitrogens with two attached hydrogens (primary N) is 1. The molecule has 0 aliphatic heterocycles. The third-order valence-corrected chi connectivity index (χ3v) is 2.31. The van der Waals surface area contributed by atoms with Crippen LogP contribution in [0.3, 0.4) is 0 Å². The molecule has 4 heteroatoms. The van der Waals surface area contributed by atoms with E-state index in [-0.39, 0.29) is 5.82 Å². The van der Waals surface area contributed by atoms with Crippen LogP contribution in [0.1, 0.15) is 12.5 Å². The normalized spacial score (nSPS) is 10.6. The molecule has 0 spiro atoms. The number of hydrogen-bond donors (Lipinski definition) is 1. The van der Waals surface area contributed by atoms with Crippen LogP contribution in [0.5, 0.6) is 0 Å². The Hall–Kier alpha value is -1.00. The van der Waals surface area contributed by atoms with Gasteiger partial charge in [0.1, 0.15) is 5.82 Å². The van der Waals surface area contributed by atoms with Crippen LogP contribution >= 0.6 is 12.2 Å². The Balaban J connectivity index is 2.66. The van der Waals surface area contributed by atoms with Crippen LogP contribution in [-0.2, 0) is 6.54 Å². The van der Waals surface area contributed by atoms with Crippen molar-refractivity contribution >= 4 is 17.2 Å². The summed E-state index contributed by atoms with van der Waals surface area (Å²) in [5, 5.41) is 0. The highest BCUT2D eigenvalue weighted by Gasteiger charge is 2.07. The summed E-state index contributed by atoms with van der Waals surface area (Å²) in [7, 11) is 0. The second-order valence-corrected chi connectivity index (χ2v) is 3.89. The molecule has 1 rings (SSSR count). The summed E-state index contributed by atoms with van der Waals surface area (Å²) in [5.74, 6) is -0.182. The molecule has 2 N–H and O–H groups in total. The zero-order valence-electron chi connectivity index (χ0n) is 8.74. The van der Waals surface area contributed by atoms with Crippen molar-refractivity contribution in [1.82, 2.24) is 4.90 Å². The van der Waals surface area contributed by atoms with Gasteiger partial charge in [-0.25, -0.2) is 4.39 Å². The summed E-state index contributed by atoms with van der Waals surface area (Å²) in [5.41, 5.74) is 6.13. The Morgan fingerprint density at radius 1 is 1.47 bits per heavy atom. The molecule has 15 heavy (non-hydrogen) atoms. The Morgan fingerprint density at radius 2 is 2.13 bits per heavy atom. The number of nitrogens with zero attached hydrogens (tertiary/aromatic N) is 1. The van der Waals surface area contributed by atoms with Crippen molar-refractivity contribution in [2.45, 2.75) is 13.5 Å². The summed E-state index contributed by atoms with van der Waals surface area (Å²) >= 11 is 4.83. The van der Waals surface area contributed by atoms with Crippen LogP contribution < -0.4 is 5.73 Å².